The number of halogens is 4. The van der Waals surface area contributed by atoms with Gasteiger partial charge in [-0.15, -0.1) is 0 Å². The number of carbonyl (C=O) groups is 1. The minimum atomic E-state index is -4.52. The highest BCUT2D eigenvalue weighted by Gasteiger charge is 2.31. The summed E-state index contributed by atoms with van der Waals surface area (Å²) in [5.41, 5.74) is -1.04. The van der Waals surface area contributed by atoms with Gasteiger partial charge < -0.3 is 4.74 Å². The molecule has 0 N–H and O–H groups in total. The van der Waals surface area contributed by atoms with E-state index in [2.05, 4.69) is 0 Å². The van der Waals surface area contributed by atoms with E-state index in [-0.39, 0.29) is 11.4 Å². The first-order valence-electron chi connectivity index (χ1n) is 5.78. The summed E-state index contributed by atoms with van der Waals surface area (Å²) in [5.74, 6) is 0.236. The number of alkyl halides is 3. The SMILES string of the molecule is O=C(Oc1ccccc1)N(Cl)c1cccc(C(F)(F)F)c1. The molecule has 3 nitrogen and oxygen atoms in total. The van der Waals surface area contributed by atoms with Crippen LogP contribution < -0.4 is 9.16 Å². The number of carbonyl (C=O) groups excluding carboxylic acids is 1. The maximum atomic E-state index is 12.6. The average Bonchev–Trinajstić information content (AvgIpc) is 2.46. The molecule has 0 atom stereocenters. The highest BCUT2D eigenvalue weighted by molar-refractivity contribution is 6.35. The van der Waals surface area contributed by atoms with Crippen LogP contribution in [-0.4, -0.2) is 6.09 Å². The second-order valence-corrected chi connectivity index (χ2v) is 4.35. The van der Waals surface area contributed by atoms with Gasteiger partial charge in [0.15, 0.2) is 0 Å². The van der Waals surface area contributed by atoms with Crippen LogP contribution in [0.5, 0.6) is 5.75 Å². The first-order chi connectivity index (χ1) is 9.88. The molecule has 2 aromatic carbocycles. The minimum Gasteiger partial charge on any atom is -0.409 e. The van der Waals surface area contributed by atoms with Crippen molar-refractivity contribution in [1.29, 1.82) is 0 Å². The van der Waals surface area contributed by atoms with Gasteiger partial charge in [0, 0.05) is 11.8 Å². The summed E-state index contributed by atoms with van der Waals surface area (Å²) in [6, 6.07) is 12.1. The Kier molecular flexibility index (Phi) is 4.37. The van der Waals surface area contributed by atoms with Crippen molar-refractivity contribution in [2.24, 2.45) is 0 Å². The van der Waals surface area contributed by atoms with Gasteiger partial charge >= 0.3 is 12.3 Å². The van der Waals surface area contributed by atoms with Crippen LogP contribution in [0, 0.1) is 0 Å². The first-order valence-corrected chi connectivity index (χ1v) is 6.12. The summed E-state index contributed by atoms with van der Waals surface area (Å²) in [6.07, 6.45) is -5.51. The second kappa shape index (κ2) is 6.05. The smallest absolute Gasteiger partial charge is 0.409 e. The highest BCUT2D eigenvalue weighted by Crippen LogP contribution is 2.32. The van der Waals surface area contributed by atoms with Crippen molar-refractivity contribution in [2.75, 3.05) is 4.42 Å². The Hall–Kier alpha value is -2.21. The van der Waals surface area contributed by atoms with Gasteiger partial charge in [0.2, 0.25) is 0 Å². The Morgan fingerprint density at radius 1 is 1.05 bits per heavy atom. The molecule has 21 heavy (non-hydrogen) atoms. The van der Waals surface area contributed by atoms with Gasteiger partial charge in [0.05, 0.1) is 11.3 Å². The van der Waals surface area contributed by atoms with E-state index in [0.717, 1.165) is 18.2 Å². The number of nitrogens with zero attached hydrogens (tertiary/aromatic N) is 1. The minimum absolute atomic E-state index is 0.132. The summed E-state index contributed by atoms with van der Waals surface area (Å²) in [5, 5.41) is 0. The predicted octanol–water partition coefficient (Wildman–Crippen LogP) is 4.86. The average molecular weight is 316 g/mol. The molecule has 0 saturated carbocycles. The molecule has 0 fully saturated rings. The molecule has 0 aliphatic heterocycles. The summed E-state index contributed by atoms with van der Waals surface area (Å²) < 4.78 is 43.2. The third kappa shape index (κ3) is 3.88. The van der Waals surface area contributed by atoms with Crippen LogP contribution in [0.4, 0.5) is 23.7 Å². The van der Waals surface area contributed by atoms with Crippen molar-refractivity contribution in [3.05, 3.63) is 60.2 Å². The molecule has 0 bridgehead atoms. The largest absolute Gasteiger partial charge is 0.434 e. The van der Waals surface area contributed by atoms with Gasteiger partial charge in [0.1, 0.15) is 5.75 Å². The van der Waals surface area contributed by atoms with Crippen molar-refractivity contribution < 1.29 is 22.7 Å². The van der Waals surface area contributed by atoms with Gasteiger partial charge in [-0.1, -0.05) is 24.3 Å². The highest BCUT2D eigenvalue weighted by atomic mass is 35.5. The zero-order chi connectivity index (χ0) is 15.5. The normalized spacial score (nSPS) is 11.0. The molecule has 0 aliphatic rings. The van der Waals surface area contributed by atoms with Crippen molar-refractivity contribution in [1.82, 2.24) is 0 Å². The Morgan fingerprint density at radius 2 is 1.71 bits per heavy atom. The first kappa shape index (κ1) is 15.2. The van der Waals surface area contributed by atoms with Gasteiger partial charge in [-0.2, -0.15) is 17.6 Å². The van der Waals surface area contributed by atoms with E-state index in [1.165, 1.54) is 18.2 Å². The molecule has 0 unspecified atom stereocenters. The van der Waals surface area contributed by atoms with Gasteiger partial charge in [-0.25, -0.2) is 4.79 Å². The number of hydrogen-bond acceptors (Lipinski definition) is 2. The van der Waals surface area contributed by atoms with E-state index in [1.807, 2.05) is 0 Å². The number of anilines is 1. The molecule has 2 aromatic rings. The fourth-order valence-corrected chi connectivity index (χ4v) is 1.68. The van der Waals surface area contributed by atoms with Crippen LogP contribution in [0.1, 0.15) is 5.56 Å². The third-order valence-corrected chi connectivity index (χ3v) is 2.84. The van der Waals surface area contributed by atoms with Crippen molar-refractivity contribution in [2.45, 2.75) is 6.18 Å². The Labute approximate surface area is 123 Å². The lowest BCUT2D eigenvalue weighted by Crippen LogP contribution is -2.24. The standard InChI is InChI=1S/C14H9ClF3NO2/c15-19(13(20)21-12-7-2-1-3-8-12)11-6-4-5-10(9-11)14(16,17)18/h1-9H. The number of rotatable bonds is 2. The summed E-state index contributed by atoms with van der Waals surface area (Å²) >= 11 is 5.72. The molecule has 0 aromatic heterocycles. The lowest BCUT2D eigenvalue weighted by Gasteiger charge is -2.15. The molecule has 2 rings (SSSR count). The number of para-hydroxylation sites is 1. The number of benzene rings is 2. The van der Waals surface area contributed by atoms with E-state index >= 15 is 0 Å². The lowest BCUT2D eigenvalue weighted by atomic mass is 10.2. The van der Waals surface area contributed by atoms with E-state index < -0.39 is 17.8 Å². The topological polar surface area (TPSA) is 29.5 Å². The van der Waals surface area contributed by atoms with E-state index in [4.69, 9.17) is 16.5 Å². The maximum Gasteiger partial charge on any atom is 0.434 e. The van der Waals surface area contributed by atoms with Crippen molar-refractivity contribution >= 4 is 23.6 Å². The Bertz CT molecular complexity index is 632. The molecular weight excluding hydrogens is 307 g/mol. The molecule has 7 heteroatoms. The molecule has 1 amide bonds. The summed E-state index contributed by atoms with van der Waals surface area (Å²) in [4.78, 5) is 11.8. The van der Waals surface area contributed by atoms with Crippen molar-refractivity contribution in [3.8, 4) is 5.75 Å². The van der Waals surface area contributed by atoms with Crippen LogP contribution in [0.15, 0.2) is 54.6 Å². The fourth-order valence-electron chi connectivity index (χ4n) is 1.54. The molecule has 110 valence electrons. The van der Waals surface area contributed by atoms with Crippen LogP contribution in [0.25, 0.3) is 0 Å². The van der Waals surface area contributed by atoms with E-state index in [1.54, 1.807) is 18.2 Å². The van der Waals surface area contributed by atoms with E-state index in [0.29, 0.717) is 4.42 Å². The number of ether oxygens (including phenoxy) is 1. The molecule has 0 saturated heterocycles. The number of hydrogen-bond donors (Lipinski definition) is 0. The van der Waals surface area contributed by atoms with Crippen molar-refractivity contribution in [3.63, 3.8) is 0 Å². The van der Waals surface area contributed by atoms with E-state index in [9.17, 15) is 18.0 Å². The van der Waals surface area contributed by atoms with Gasteiger partial charge in [-0.05, 0) is 30.3 Å². The fraction of sp³-hybridized carbons (Fsp3) is 0.0714. The van der Waals surface area contributed by atoms with Gasteiger partial charge in [-0.3, -0.25) is 0 Å². The third-order valence-electron chi connectivity index (χ3n) is 2.51. The zero-order valence-corrected chi connectivity index (χ0v) is 11.2. The molecule has 0 radical (unpaired) electrons. The van der Waals surface area contributed by atoms with Crippen LogP contribution >= 0.6 is 11.8 Å². The Morgan fingerprint density at radius 3 is 2.33 bits per heavy atom. The second-order valence-electron chi connectivity index (χ2n) is 4.01. The molecule has 0 spiro atoms. The lowest BCUT2D eigenvalue weighted by molar-refractivity contribution is -0.137. The monoisotopic (exact) mass is 315 g/mol. The Balaban J connectivity index is 2.16. The molecule has 0 aliphatic carbocycles. The van der Waals surface area contributed by atoms with Crippen LogP contribution in [0.3, 0.4) is 0 Å². The maximum absolute atomic E-state index is 12.6. The molecule has 0 heterocycles. The number of amides is 1. The quantitative estimate of drug-likeness (QED) is 0.740. The zero-order valence-electron chi connectivity index (χ0n) is 10.5. The van der Waals surface area contributed by atoms with Gasteiger partial charge in [0.25, 0.3) is 0 Å². The summed E-state index contributed by atoms with van der Waals surface area (Å²) in [6.45, 7) is 0. The summed E-state index contributed by atoms with van der Waals surface area (Å²) in [7, 11) is 0. The van der Waals surface area contributed by atoms with Crippen LogP contribution in [-0.2, 0) is 6.18 Å². The molecular formula is C14H9ClF3NO2. The predicted molar refractivity (Wildman–Crippen MR) is 72.2 cm³/mol. The van der Waals surface area contributed by atoms with Crippen LogP contribution in [0.2, 0.25) is 0 Å².